The summed E-state index contributed by atoms with van der Waals surface area (Å²) in [4.78, 5) is 20.9. The summed E-state index contributed by atoms with van der Waals surface area (Å²) in [6.07, 6.45) is 2.78. The van der Waals surface area contributed by atoms with Gasteiger partial charge in [0.15, 0.2) is 0 Å². The van der Waals surface area contributed by atoms with E-state index in [1.54, 1.807) is 6.20 Å². The van der Waals surface area contributed by atoms with E-state index in [9.17, 15) is 4.79 Å². The Hall–Kier alpha value is -2.14. The highest BCUT2D eigenvalue weighted by Gasteiger charge is 2.17. The normalized spacial score (nSPS) is 16.7. The molecule has 1 aromatic carbocycles. The van der Waals surface area contributed by atoms with Gasteiger partial charge in [0.2, 0.25) is 0 Å². The molecule has 0 atom stereocenters. The third-order valence-electron chi connectivity index (χ3n) is 3.89. The van der Waals surface area contributed by atoms with Crippen LogP contribution in [-0.2, 0) is 0 Å². The van der Waals surface area contributed by atoms with E-state index < -0.39 is 0 Å². The molecule has 1 saturated heterocycles. The summed E-state index contributed by atoms with van der Waals surface area (Å²) in [6, 6.07) is 9.63. The van der Waals surface area contributed by atoms with Crippen molar-refractivity contribution in [1.82, 2.24) is 14.8 Å². The van der Waals surface area contributed by atoms with E-state index in [0.717, 1.165) is 49.2 Å². The third kappa shape index (κ3) is 3.13. The smallest absolute Gasteiger partial charge is 0.321 e. The molecule has 1 aliphatic rings. The first-order chi connectivity index (χ1) is 10.2. The van der Waals surface area contributed by atoms with Gasteiger partial charge in [0.25, 0.3) is 0 Å². The van der Waals surface area contributed by atoms with Crippen molar-refractivity contribution in [2.75, 3.05) is 38.5 Å². The highest BCUT2D eigenvalue weighted by atomic mass is 16.2. The number of nitrogens with zero attached hydrogens (tertiary/aromatic N) is 3. The van der Waals surface area contributed by atoms with Crippen LogP contribution in [0.2, 0.25) is 0 Å². The van der Waals surface area contributed by atoms with Crippen LogP contribution in [-0.4, -0.2) is 54.0 Å². The maximum absolute atomic E-state index is 12.4. The van der Waals surface area contributed by atoms with Crippen molar-refractivity contribution in [2.45, 2.75) is 6.42 Å². The number of carbonyl (C=O) groups is 1. The van der Waals surface area contributed by atoms with Crippen LogP contribution in [0.5, 0.6) is 0 Å². The van der Waals surface area contributed by atoms with Gasteiger partial charge < -0.3 is 15.1 Å². The minimum Gasteiger partial charge on any atom is -0.323 e. The van der Waals surface area contributed by atoms with E-state index in [-0.39, 0.29) is 6.03 Å². The fraction of sp³-hybridized carbons (Fsp3) is 0.375. The second kappa shape index (κ2) is 6.10. The Morgan fingerprint density at radius 1 is 1.14 bits per heavy atom. The molecule has 1 aliphatic heterocycles. The van der Waals surface area contributed by atoms with Crippen LogP contribution in [0.3, 0.4) is 0 Å². The van der Waals surface area contributed by atoms with Crippen molar-refractivity contribution >= 4 is 22.6 Å². The van der Waals surface area contributed by atoms with Crippen molar-refractivity contribution in [3.63, 3.8) is 0 Å². The molecule has 0 saturated carbocycles. The number of benzene rings is 1. The second-order valence-corrected chi connectivity index (χ2v) is 5.45. The number of aromatic nitrogens is 1. The van der Waals surface area contributed by atoms with Gasteiger partial charge in [-0.25, -0.2) is 4.79 Å². The summed E-state index contributed by atoms with van der Waals surface area (Å²) in [5, 5.41) is 4.00. The van der Waals surface area contributed by atoms with Crippen molar-refractivity contribution < 1.29 is 4.79 Å². The van der Waals surface area contributed by atoms with Gasteiger partial charge in [-0.1, -0.05) is 6.07 Å². The molecule has 1 aromatic heterocycles. The van der Waals surface area contributed by atoms with Gasteiger partial charge in [-0.15, -0.1) is 0 Å². The number of carbonyl (C=O) groups excluding carboxylic acids is 1. The molecular weight excluding hydrogens is 264 g/mol. The lowest BCUT2D eigenvalue weighted by Crippen LogP contribution is -2.37. The Balaban J connectivity index is 1.77. The highest BCUT2D eigenvalue weighted by molar-refractivity contribution is 6.00. The van der Waals surface area contributed by atoms with Gasteiger partial charge in [0.1, 0.15) is 0 Å². The van der Waals surface area contributed by atoms with E-state index in [2.05, 4.69) is 22.2 Å². The molecule has 3 rings (SSSR count). The van der Waals surface area contributed by atoms with Gasteiger partial charge in [-0.05, 0) is 44.3 Å². The van der Waals surface area contributed by atoms with Crippen LogP contribution in [0, 0.1) is 0 Å². The molecule has 0 bridgehead atoms. The van der Waals surface area contributed by atoms with Crippen LogP contribution >= 0.6 is 0 Å². The zero-order valence-electron chi connectivity index (χ0n) is 12.2. The Labute approximate surface area is 124 Å². The zero-order chi connectivity index (χ0) is 14.7. The first-order valence-corrected chi connectivity index (χ1v) is 7.32. The van der Waals surface area contributed by atoms with E-state index in [1.807, 2.05) is 35.2 Å². The summed E-state index contributed by atoms with van der Waals surface area (Å²) in [5.74, 6) is 0. The van der Waals surface area contributed by atoms with Gasteiger partial charge in [-0.3, -0.25) is 4.98 Å². The lowest BCUT2D eigenvalue weighted by molar-refractivity contribution is 0.213. The van der Waals surface area contributed by atoms with E-state index in [1.165, 1.54) is 0 Å². The predicted molar refractivity (Wildman–Crippen MR) is 84.4 cm³/mol. The Morgan fingerprint density at radius 3 is 2.95 bits per heavy atom. The molecular formula is C16H20N4O. The number of hydrogen-bond donors (Lipinski definition) is 1. The van der Waals surface area contributed by atoms with Crippen LogP contribution in [0.4, 0.5) is 10.5 Å². The molecule has 0 radical (unpaired) electrons. The van der Waals surface area contributed by atoms with Crippen LogP contribution in [0.15, 0.2) is 36.5 Å². The molecule has 1 fully saturated rings. The molecule has 0 aliphatic carbocycles. The molecule has 5 nitrogen and oxygen atoms in total. The Morgan fingerprint density at radius 2 is 2.05 bits per heavy atom. The molecule has 110 valence electrons. The van der Waals surface area contributed by atoms with Gasteiger partial charge in [-0.2, -0.15) is 0 Å². The quantitative estimate of drug-likeness (QED) is 0.875. The van der Waals surface area contributed by atoms with Crippen molar-refractivity contribution in [3.8, 4) is 0 Å². The maximum atomic E-state index is 12.4. The predicted octanol–water partition coefficient (Wildman–Crippen LogP) is 2.40. The Kier molecular flexibility index (Phi) is 4.01. The third-order valence-corrected chi connectivity index (χ3v) is 3.89. The van der Waals surface area contributed by atoms with Gasteiger partial charge in [0.05, 0.1) is 11.2 Å². The largest absolute Gasteiger partial charge is 0.323 e. The molecule has 0 spiro atoms. The number of amides is 2. The molecule has 2 amide bonds. The molecule has 1 N–H and O–H groups in total. The molecule has 21 heavy (non-hydrogen) atoms. The van der Waals surface area contributed by atoms with E-state index >= 15 is 0 Å². The zero-order valence-corrected chi connectivity index (χ0v) is 12.2. The van der Waals surface area contributed by atoms with Crippen molar-refractivity contribution in [3.05, 3.63) is 36.5 Å². The molecule has 5 heteroatoms. The maximum Gasteiger partial charge on any atom is 0.321 e. The number of nitrogens with one attached hydrogen (secondary N) is 1. The van der Waals surface area contributed by atoms with Crippen LogP contribution in [0.25, 0.3) is 10.9 Å². The second-order valence-electron chi connectivity index (χ2n) is 5.45. The van der Waals surface area contributed by atoms with Crippen LogP contribution in [0.1, 0.15) is 6.42 Å². The fourth-order valence-electron chi connectivity index (χ4n) is 2.66. The first-order valence-electron chi connectivity index (χ1n) is 7.32. The number of hydrogen-bond acceptors (Lipinski definition) is 3. The summed E-state index contributed by atoms with van der Waals surface area (Å²) >= 11 is 0. The monoisotopic (exact) mass is 284 g/mol. The average Bonchev–Trinajstić information content (AvgIpc) is 2.72. The fourth-order valence-corrected chi connectivity index (χ4v) is 2.66. The Bertz CT molecular complexity index is 638. The van der Waals surface area contributed by atoms with Gasteiger partial charge >= 0.3 is 6.03 Å². The number of likely N-dealkylation sites (N-methyl/N-ethyl adjacent to an activating group) is 1. The summed E-state index contributed by atoms with van der Waals surface area (Å²) in [5.41, 5.74) is 1.72. The number of rotatable bonds is 1. The highest BCUT2D eigenvalue weighted by Crippen LogP contribution is 2.21. The SMILES string of the molecule is CN1CCCN(C(=O)Nc2cccc3ncccc23)CC1. The van der Waals surface area contributed by atoms with E-state index in [0.29, 0.717) is 0 Å². The standard InChI is InChI=1S/C16H20N4O/c1-19-9-4-10-20(12-11-19)16(21)18-15-7-2-6-14-13(15)5-3-8-17-14/h2-3,5-8H,4,9-12H2,1H3,(H,18,21). The number of fused-ring (bicyclic) bond motifs is 1. The average molecular weight is 284 g/mol. The first kappa shape index (κ1) is 13.8. The molecule has 2 aromatic rings. The summed E-state index contributed by atoms with van der Waals surface area (Å²) < 4.78 is 0. The van der Waals surface area contributed by atoms with Crippen molar-refractivity contribution in [2.24, 2.45) is 0 Å². The van der Waals surface area contributed by atoms with Crippen LogP contribution < -0.4 is 5.32 Å². The van der Waals surface area contributed by atoms with E-state index in [4.69, 9.17) is 0 Å². The minimum atomic E-state index is -0.0262. The topological polar surface area (TPSA) is 48.5 Å². The minimum absolute atomic E-state index is 0.0262. The number of pyridine rings is 1. The summed E-state index contributed by atoms with van der Waals surface area (Å²) in [6.45, 7) is 3.54. The van der Waals surface area contributed by atoms with Gasteiger partial charge in [0, 0.05) is 31.2 Å². The summed E-state index contributed by atoms with van der Waals surface area (Å²) in [7, 11) is 2.10. The molecule has 0 unspecified atom stereocenters. The lowest BCUT2D eigenvalue weighted by Gasteiger charge is -2.21. The lowest BCUT2D eigenvalue weighted by atomic mass is 10.2. The molecule has 2 heterocycles. The number of urea groups is 1. The number of anilines is 1. The van der Waals surface area contributed by atoms with Crippen molar-refractivity contribution in [1.29, 1.82) is 0 Å².